The zero-order valence-corrected chi connectivity index (χ0v) is 57.1. The van der Waals surface area contributed by atoms with Gasteiger partial charge in [-0.15, -0.1) is 14.0 Å². The lowest BCUT2D eigenvalue weighted by Gasteiger charge is -2.41. The number of hydrogen-bond acceptors (Lipinski definition) is 24. The number of aryl methyl sites for hydroxylation is 2. The summed E-state index contributed by atoms with van der Waals surface area (Å²) in [6.45, 7) is 10.0. The van der Waals surface area contributed by atoms with Crippen LogP contribution >= 0.6 is 0 Å². The molecule has 7 aliphatic rings. The minimum atomic E-state index is -0.911. The molecule has 3 fully saturated rings. The molecule has 15 rings (SSSR count). The molecule has 4 aliphatic carbocycles. The lowest BCUT2D eigenvalue weighted by molar-refractivity contribution is -0.749. The van der Waals surface area contributed by atoms with Crippen molar-refractivity contribution in [3.05, 3.63) is 241 Å². The minimum absolute atomic E-state index is 0.00339. The molecule has 32 nitrogen and oxygen atoms in total. The number of piperidine rings is 2. The number of benzene rings is 2. The first kappa shape index (κ1) is 70.4. The molecule has 0 radical (unpaired) electrons. The summed E-state index contributed by atoms with van der Waals surface area (Å²) < 4.78 is 20.3. The van der Waals surface area contributed by atoms with E-state index >= 15 is 0 Å². The molecule has 2 aromatic carbocycles. The summed E-state index contributed by atoms with van der Waals surface area (Å²) in [5, 5.41) is 60.4. The summed E-state index contributed by atoms with van der Waals surface area (Å²) in [6, 6.07) is 33.8. The van der Waals surface area contributed by atoms with E-state index in [0.717, 1.165) is 78.5 Å². The molecule has 0 N–H and O–H groups in total. The normalized spacial score (nSPS) is 15.5. The first-order valence-electron chi connectivity index (χ1n) is 34.4. The molecule has 104 heavy (non-hydrogen) atoms. The number of rotatable bonds is 19. The SMILES string of the molecule is CCOc1cc(N2CCCCC2)ccc1CCCn1c2c(=O)c3ccccccc=3c(=O)c2n[n+]1[O-].COC1(Cc2ccccc2)CCN(C(=O)CCn2c3c(n[n+]2[O-])C(=O)c2occc2C3=O)CC1.O=C1c2n[n+]([O-])n(CCCN3CCN(c4ccccn4)CC3)c2C(=O)c2ncnc([N+](=O)[O-])c21. The first-order valence-corrected chi connectivity index (χ1v) is 34.4. The average molecular weight is 1420 g/mol. The van der Waals surface area contributed by atoms with Crippen LogP contribution in [0.25, 0.3) is 11.0 Å². The summed E-state index contributed by atoms with van der Waals surface area (Å²) in [5.74, 6) is -2.06. The van der Waals surface area contributed by atoms with Gasteiger partial charge in [-0.05, 0) is 104 Å². The molecular weight excluding hydrogens is 1340 g/mol. The van der Waals surface area contributed by atoms with Crippen LogP contribution in [0.1, 0.15) is 134 Å². The standard InChI is InChI=1S/C28H30N4O4.C24H24N4O6.C20H19N9O5/c1-2-36-24-19-21(30-16-8-5-9-17-30)15-14-20(24)11-10-18-31-26-25(29-32(31)35)27(33)22-12-6-3-4-7-13-23(22)28(26)34;1-33-24(15-16-5-3-2-4-6-16)9-12-26(13-10-24)18(29)7-11-27-20-19(25-28(27)32)22(31)23-17(21(20)30)8-14-34-23;30-18-14-15(22-12-23-20(14)28(32)33)19(31)17-16(18)24-29(34)27(17)7-3-6-25-8-10-26(11-9-25)13-4-1-2-5-21-13/h3-4,6-7,12-15,19H,2,5,8-11,16-18H2,1H3;2-6,8,14H,7,9-13,15H2,1H3;1-2,4-5,12H,3,6-11H2. The topological polar surface area (TPSA) is 380 Å². The van der Waals surface area contributed by atoms with Crippen LogP contribution < -0.4 is 40.3 Å². The van der Waals surface area contributed by atoms with Crippen molar-refractivity contribution in [2.45, 2.75) is 96.4 Å². The van der Waals surface area contributed by atoms with E-state index in [1.807, 2.05) is 43.3 Å². The number of pyridine rings is 1. The largest absolute Gasteiger partial charge is 0.571 e. The van der Waals surface area contributed by atoms with Crippen LogP contribution in [0.5, 0.6) is 5.75 Å². The van der Waals surface area contributed by atoms with Gasteiger partial charge in [0.2, 0.25) is 57.3 Å². The molecule has 32 heteroatoms. The maximum Gasteiger partial charge on any atom is 0.378 e. The van der Waals surface area contributed by atoms with E-state index in [1.54, 1.807) is 54.6 Å². The minimum Gasteiger partial charge on any atom is -0.571 e. The number of carbonyl (C=O) groups excluding carboxylic acids is 5. The maximum atomic E-state index is 13.3. The molecule has 0 unspecified atom stereocenters. The number of piperazine rings is 1. The van der Waals surface area contributed by atoms with E-state index in [0.29, 0.717) is 63.3 Å². The number of hydrogen-bond donors (Lipinski definition) is 0. The van der Waals surface area contributed by atoms with Gasteiger partial charge >= 0.3 is 5.82 Å². The Morgan fingerprint density at radius 2 is 1.29 bits per heavy atom. The number of ether oxygens (including phenoxy) is 2. The zero-order chi connectivity index (χ0) is 72.8. The monoisotopic (exact) mass is 1420 g/mol. The highest BCUT2D eigenvalue weighted by molar-refractivity contribution is 6.27. The Bertz CT molecular complexity index is 5120. The second-order valence-electron chi connectivity index (χ2n) is 25.7. The molecule has 0 spiro atoms. The van der Waals surface area contributed by atoms with Crippen molar-refractivity contribution in [2.24, 2.45) is 0 Å². The van der Waals surface area contributed by atoms with Gasteiger partial charge in [-0.2, -0.15) is 0 Å². The van der Waals surface area contributed by atoms with E-state index < -0.39 is 56.3 Å². The summed E-state index contributed by atoms with van der Waals surface area (Å²) in [6.07, 6.45) is 11.5. The molecule has 3 aliphatic heterocycles. The number of methoxy groups -OCH3 is 1. The maximum absolute atomic E-state index is 13.3. The lowest BCUT2D eigenvalue weighted by atomic mass is 9.85. The van der Waals surface area contributed by atoms with Crippen molar-refractivity contribution in [2.75, 3.05) is 82.4 Å². The molecule has 3 saturated heterocycles. The fourth-order valence-corrected chi connectivity index (χ4v) is 14.1. The van der Waals surface area contributed by atoms with Crippen LogP contribution in [0, 0.1) is 36.2 Å². The van der Waals surface area contributed by atoms with Crippen LogP contribution in [0.4, 0.5) is 17.3 Å². The zero-order valence-electron chi connectivity index (χ0n) is 57.1. The molecule has 8 aromatic rings. The van der Waals surface area contributed by atoms with Crippen LogP contribution in [0.2, 0.25) is 0 Å². The highest BCUT2D eigenvalue weighted by atomic mass is 16.6. The van der Waals surface area contributed by atoms with Gasteiger partial charge in [-0.25, -0.2) is 9.97 Å². The fraction of sp³-hybridized carbons (Fsp3) is 0.361. The molecule has 9 heterocycles. The second-order valence-corrected chi connectivity index (χ2v) is 25.7. The van der Waals surface area contributed by atoms with Gasteiger partial charge in [0.05, 0.1) is 50.1 Å². The third kappa shape index (κ3) is 14.2. The number of amides is 1. The number of nitrogens with zero attached hydrogens (tertiary/aromatic N) is 17. The Kier molecular flexibility index (Phi) is 20.7. The third-order valence-electron chi connectivity index (χ3n) is 19.6. The summed E-state index contributed by atoms with van der Waals surface area (Å²) in [4.78, 5) is 122. The Morgan fingerprint density at radius 3 is 1.98 bits per heavy atom. The van der Waals surface area contributed by atoms with Gasteiger partial charge in [0, 0.05) is 131 Å². The molecule has 536 valence electrons. The van der Waals surface area contributed by atoms with Crippen molar-refractivity contribution < 1.29 is 57.7 Å². The van der Waals surface area contributed by atoms with Gasteiger partial charge in [0.15, 0.2) is 28.2 Å². The number of nitro groups is 1. The number of furan rings is 1. The van der Waals surface area contributed by atoms with Crippen molar-refractivity contribution in [3.8, 4) is 5.75 Å². The Hall–Kier alpha value is -12.1. The fourth-order valence-electron chi connectivity index (χ4n) is 14.1. The predicted octanol–water partition coefficient (Wildman–Crippen LogP) is 4.26. The Balaban J connectivity index is 0.000000139. The molecular formula is C72H73N17O15. The van der Waals surface area contributed by atoms with Gasteiger partial charge in [0.25, 0.3) is 5.78 Å². The molecule has 0 saturated carbocycles. The van der Waals surface area contributed by atoms with Gasteiger partial charge in [-0.1, -0.05) is 78.9 Å². The smallest absolute Gasteiger partial charge is 0.378 e. The molecule has 1 amide bonds. The number of anilines is 2. The highest BCUT2D eigenvalue weighted by Gasteiger charge is 2.46. The number of carbonyl (C=O) groups is 5. The van der Waals surface area contributed by atoms with E-state index in [2.05, 4.69) is 75.3 Å². The van der Waals surface area contributed by atoms with Gasteiger partial charge < -0.3 is 54.3 Å². The predicted molar refractivity (Wildman–Crippen MR) is 370 cm³/mol. The van der Waals surface area contributed by atoms with E-state index in [9.17, 15) is 59.3 Å². The van der Waals surface area contributed by atoms with Crippen LogP contribution in [0.3, 0.4) is 0 Å². The van der Waals surface area contributed by atoms with Crippen LogP contribution in [0.15, 0.2) is 142 Å². The van der Waals surface area contributed by atoms with E-state index in [-0.39, 0.29) is 103 Å². The van der Waals surface area contributed by atoms with Crippen LogP contribution in [-0.4, -0.2) is 166 Å². The lowest BCUT2D eigenvalue weighted by Crippen LogP contribution is -2.49. The Morgan fingerprint density at radius 1 is 0.635 bits per heavy atom. The van der Waals surface area contributed by atoms with Crippen LogP contribution in [-0.2, 0) is 42.0 Å². The van der Waals surface area contributed by atoms with E-state index in [1.165, 1.54) is 47.5 Å². The van der Waals surface area contributed by atoms with E-state index in [4.69, 9.17) is 13.9 Å². The number of likely N-dealkylation sites (tertiary alicyclic amines) is 1. The molecule has 0 atom stereocenters. The second kappa shape index (κ2) is 30.6. The third-order valence-corrected chi connectivity index (χ3v) is 19.6. The van der Waals surface area contributed by atoms with Crippen molar-refractivity contribution in [1.82, 2.24) is 54.1 Å². The van der Waals surface area contributed by atoms with Crippen molar-refractivity contribution in [1.29, 1.82) is 0 Å². The quantitative estimate of drug-likeness (QED) is 0.0472. The van der Waals surface area contributed by atoms with Gasteiger partial charge in [0.1, 0.15) is 17.3 Å². The summed E-state index contributed by atoms with van der Waals surface area (Å²) in [7, 11) is 1.71. The number of fused-ring (bicyclic) bond motifs is 5. The first-order chi connectivity index (χ1) is 50.5. The number of aromatic nitrogens is 12. The Labute approximate surface area is 592 Å². The molecule has 0 bridgehead atoms. The molecule has 6 aromatic heterocycles. The van der Waals surface area contributed by atoms with Crippen molar-refractivity contribution >= 4 is 57.4 Å². The number of ketones is 4. The van der Waals surface area contributed by atoms with Crippen molar-refractivity contribution in [3.63, 3.8) is 0 Å². The van der Waals surface area contributed by atoms with Gasteiger partial charge in [-0.3, -0.25) is 38.5 Å². The average Bonchev–Trinajstić information content (AvgIpc) is 1.55. The highest BCUT2D eigenvalue weighted by Crippen LogP contribution is 2.34. The summed E-state index contributed by atoms with van der Waals surface area (Å²) in [5.41, 5.74) is 0.453. The summed E-state index contributed by atoms with van der Waals surface area (Å²) >= 11 is 0.